The van der Waals surface area contributed by atoms with Crippen LogP contribution in [-0.2, 0) is 5.41 Å². The van der Waals surface area contributed by atoms with E-state index in [0.29, 0.717) is 0 Å². The first kappa shape index (κ1) is 34.7. The van der Waals surface area contributed by atoms with Crippen molar-refractivity contribution in [1.82, 2.24) is 0 Å². The summed E-state index contributed by atoms with van der Waals surface area (Å²) in [5, 5.41) is 5.43. The van der Waals surface area contributed by atoms with Gasteiger partial charge in [-0.1, -0.05) is 183 Å². The summed E-state index contributed by atoms with van der Waals surface area (Å²) >= 11 is 0. The maximum absolute atomic E-state index is 6.88. The van der Waals surface area contributed by atoms with E-state index < -0.39 is 5.41 Å². The lowest BCUT2D eigenvalue weighted by atomic mass is 9.70. The molecule has 11 aromatic rings. The van der Waals surface area contributed by atoms with Crippen LogP contribution in [-0.4, -0.2) is 0 Å². The van der Waals surface area contributed by atoms with E-state index in [2.05, 4.69) is 212 Å². The molecule has 62 heavy (non-hydrogen) atoms. The predicted octanol–water partition coefficient (Wildman–Crippen LogP) is 15.9. The minimum absolute atomic E-state index is 0.503. The fourth-order valence-corrected chi connectivity index (χ4v) is 10.8. The molecule has 2 aliphatic rings. The molecule has 0 N–H and O–H groups in total. The lowest BCUT2D eigenvalue weighted by molar-refractivity contribution is 0.603. The fraction of sp³-hybridized carbons (Fsp3) is 0.0169. The van der Waals surface area contributed by atoms with Crippen molar-refractivity contribution in [2.45, 2.75) is 5.41 Å². The molecule has 290 valence electrons. The van der Waals surface area contributed by atoms with Crippen molar-refractivity contribution in [2.75, 3.05) is 4.90 Å². The zero-order valence-corrected chi connectivity index (χ0v) is 33.7. The summed E-state index contributed by atoms with van der Waals surface area (Å²) in [4.78, 5) is 2.39. The molecular weight excluding hydrogens is 755 g/mol. The maximum atomic E-state index is 6.88. The number of hydrogen-bond donors (Lipinski definition) is 0. The molecule has 0 saturated heterocycles. The maximum Gasteiger partial charge on any atom is 0.159 e. The number of benzene rings is 9. The molecule has 1 spiro atoms. The van der Waals surface area contributed by atoms with E-state index in [9.17, 15) is 0 Å². The van der Waals surface area contributed by atoms with Crippen LogP contribution in [0.3, 0.4) is 0 Å². The molecule has 2 aliphatic carbocycles. The molecule has 0 aliphatic heterocycles. The molecule has 0 fully saturated rings. The highest BCUT2D eigenvalue weighted by Gasteiger charge is 2.51. The van der Waals surface area contributed by atoms with Gasteiger partial charge in [0.25, 0.3) is 0 Å². The second-order valence-electron chi connectivity index (χ2n) is 16.4. The Labute approximate surface area is 358 Å². The van der Waals surface area contributed by atoms with Gasteiger partial charge in [0.05, 0.1) is 16.8 Å². The number of anilines is 3. The highest BCUT2D eigenvalue weighted by atomic mass is 16.3. The zero-order chi connectivity index (χ0) is 40.9. The molecule has 2 aromatic heterocycles. The lowest BCUT2D eigenvalue weighted by Crippen LogP contribution is -2.26. The van der Waals surface area contributed by atoms with E-state index in [1.165, 1.54) is 44.5 Å². The van der Waals surface area contributed by atoms with Crippen molar-refractivity contribution in [3.63, 3.8) is 0 Å². The predicted molar refractivity (Wildman–Crippen MR) is 256 cm³/mol. The van der Waals surface area contributed by atoms with E-state index >= 15 is 0 Å². The largest absolute Gasteiger partial charge is 0.455 e. The summed E-state index contributed by atoms with van der Waals surface area (Å²) in [6, 6.07) is 72.3. The molecule has 0 unspecified atom stereocenters. The Morgan fingerprint density at radius 1 is 0.452 bits per heavy atom. The minimum Gasteiger partial charge on any atom is -0.455 e. The highest BCUT2D eigenvalue weighted by molar-refractivity contribution is 6.11. The number of allylic oxidation sites excluding steroid dienone is 2. The zero-order valence-electron chi connectivity index (χ0n) is 33.7. The van der Waals surface area contributed by atoms with Crippen LogP contribution in [0.2, 0.25) is 0 Å². The van der Waals surface area contributed by atoms with Crippen molar-refractivity contribution < 1.29 is 8.83 Å². The lowest BCUT2D eigenvalue weighted by Gasteiger charge is -2.32. The summed E-state index contributed by atoms with van der Waals surface area (Å²) < 4.78 is 13.7. The molecule has 3 heteroatoms. The summed E-state index contributed by atoms with van der Waals surface area (Å²) in [6.07, 6.45) is 3.92. The van der Waals surface area contributed by atoms with E-state index in [-0.39, 0.29) is 0 Å². The van der Waals surface area contributed by atoms with Gasteiger partial charge in [-0.2, -0.15) is 0 Å². The summed E-state index contributed by atoms with van der Waals surface area (Å²) in [7, 11) is 0. The van der Waals surface area contributed by atoms with Crippen LogP contribution in [0.1, 0.15) is 33.6 Å². The van der Waals surface area contributed by atoms with Gasteiger partial charge in [0.1, 0.15) is 16.9 Å². The first-order valence-electron chi connectivity index (χ1n) is 21.2. The molecule has 9 aromatic carbocycles. The number of rotatable bonds is 6. The third-order valence-corrected chi connectivity index (χ3v) is 13.3. The Morgan fingerprint density at radius 2 is 1.05 bits per heavy atom. The molecular formula is C59H37NO2. The molecule has 0 bridgehead atoms. The van der Waals surface area contributed by atoms with Crippen molar-refractivity contribution in [3.8, 4) is 22.3 Å². The van der Waals surface area contributed by atoms with Crippen LogP contribution in [0.5, 0.6) is 0 Å². The molecule has 3 nitrogen and oxygen atoms in total. The molecule has 0 amide bonds. The standard InChI is InChI=1S/C59H37NO2/c1-2-16-46(56-35-38-32-31-37-17-3-4-18-40(37)57(38)62-56)45-22-8-13-28-53(45)60(54-29-15-24-48-47-23-9-14-30-55(47)61-58(48)54)39-33-34-44-43-21-7-12-27-51(43)59(52(44)36-39)49-25-10-5-19-41(49)42-20-6-11-26-50(42)59/h2-36H,1H2/b46-16-. The van der Waals surface area contributed by atoms with E-state index in [1.54, 1.807) is 0 Å². The highest BCUT2D eigenvalue weighted by Crippen LogP contribution is 2.63. The molecule has 0 saturated carbocycles. The number of fused-ring (bicyclic) bond motifs is 16. The summed E-state index contributed by atoms with van der Waals surface area (Å²) in [5.74, 6) is 0.771. The van der Waals surface area contributed by atoms with Gasteiger partial charge in [-0.3, -0.25) is 0 Å². The van der Waals surface area contributed by atoms with E-state index in [4.69, 9.17) is 8.83 Å². The third kappa shape index (κ3) is 4.70. The van der Waals surface area contributed by atoms with Gasteiger partial charge in [-0.25, -0.2) is 0 Å². The SMILES string of the molecule is C=C/C=C(\c1cc2ccc3ccccc3c2o1)c1ccccc1N(c1ccc2c(c1)C1(c3ccccc3-c3ccccc31)c1ccccc1-2)c1cccc2c1oc1ccccc12. The molecule has 0 radical (unpaired) electrons. The van der Waals surface area contributed by atoms with Crippen LogP contribution in [0, 0.1) is 0 Å². The Morgan fingerprint density at radius 3 is 1.81 bits per heavy atom. The Hall–Kier alpha value is -8.14. The van der Waals surface area contributed by atoms with Crippen LogP contribution >= 0.6 is 0 Å². The van der Waals surface area contributed by atoms with Gasteiger partial charge in [0, 0.05) is 38.4 Å². The number of hydrogen-bond acceptors (Lipinski definition) is 3. The van der Waals surface area contributed by atoms with Gasteiger partial charge < -0.3 is 13.7 Å². The van der Waals surface area contributed by atoms with Gasteiger partial charge in [0.2, 0.25) is 0 Å². The normalized spacial score (nSPS) is 13.5. The summed E-state index contributed by atoms with van der Waals surface area (Å²) in [5.41, 5.74) is 17.2. The van der Waals surface area contributed by atoms with Crippen molar-refractivity contribution in [1.29, 1.82) is 0 Å². The first-order valence-corrected chi connectivity index (χ1v) is 21.2. The fourth-order valence-electron chi connectivity index (χ4n) is 10.8. The Kier molecular flexibility index (Phi) is 7.38. The number of para-hydroxylation sites is 3. The second-order valence-corrected chi connectivity index (χ2v) is 16.4. The Bertz CT molecular complexity index is 3630. The topological polar surface area (TPSA) is 29.5 Å². The van der Waals surface area contributed by atoms with Gasteiger partial charge in [-0.15, -0.1) is 0 Å². The Balaban J connectivity index is 1.10. The molecule has 2 heterocycles. The van der Waals surface area contributed by atoms with Crippen LogP contribution in [0.25, 0.3) is 71.5 Å². The van der Waals surface area contributed by atoms with Crippen LogP contribution in [0.15, 0.2) is 228 Å². The third-order valence-electron chi connectivity index (χ3n) is 13.3. The number of furan rings is 2. The summed E-state index contributed by atoms with van der Waals surface area (Å²) in [6.45, 7) is 4.20. The molecule has 13 rings (SSSR count). The van der Waals surface area contributed by atoms with Crippen LogP contribution < -0.4 is 4.90 Å². The van der Waals surface area contributed by atoms with E-state index in [0.717, 1.165) is 77.6 Å². The van der Waals surface area contributed by atoms with E-state index in [1.807, 2.05) is 12.1 Å². The van der Waals surface area contributed by atoms with Crippen LogP contribution in [0.4, 0.5) is 17.1 Å². The number of nitrogens with zero attached hydrogens (tertiary/aromatic N) is 1. The minimum atomic E-state index is -0.503. The first-order chi connectivity index (χ1) is 30.7. The average Bonchev–Trinajstić information content (AvgIpc) is 4.09. The van der Waals surface area contributed by atoms with Gasteiger partial charge >= 0.3 is 0 Å². The smallest absolute Gasteiger partial charge is 0.159 e. The second kappa shape index (κ2) is 13.2. The quantitative estimate of drug-likeness (QED) is 0.157. The van der Waals surface area contributed by atoms with Crippen molar-refractivity contribution in [2.24, 2.45) is 0 Å². The van der Waals surface area contributed by atoms with Crippen molar-refractivity contribution in [3.05, 3.63) is 252 Å². The average molecular weight is 792 g/mol. The molecule has 0 atom stereocenters. The van der Waals surface area contributed by atoms with Crippen molar-refractivity contribution >= 4 is 66.3 Å². The van der Waals surface area contributed by atoms with Gasteiger partial charge in [-0.05, 0) is 86.3 Å². The van der Waals surface area contributed by atoms with Gasteiger partial charge in [0.15, 0.2) is 5.58 Å². The monoisotopic (exact) mass is 791 g/mol.